The van der Waals surface area contributed by atoms with Gasteiger partial charge in [-0.1, -0.05) is 23.2 Å². The number of hydrogen-bond donors (Lipinski definition) is 1. The first-order chi connectivity index (χ1) is 8.13. The molecular weight excluding hydrogens is 261 g/mol. The van der Waals surface area contributed by atoms with Crippen molar-refractivity contribution < 1.29 is 5.11 Å². The molecule has 0 aliphatic rings. The van der Waals surface area contributed by atoms with E-state index in [1.165, 1.54) is 12.4 Å². The Bertz CT molecular complexity index is 510. The third-order valence-electron chi connectivity index (χ3n) is 2.42. The van der Waals surface area contributed by atoms with Crippen molar-refractivity contribution in [2.45, 2.75) is 19.6 Å². The number of halogens is 2. The van der Waals surface area contributed by atoms with Gasteiger partial charge in [-0.3, -0.25) is 9.67 Å². The van der Waals surface area contributed by atoms with Crippen LogP contribution in [-0.4, -0.2) is 19.9 Å². The molecule has 4 nitrogen and oxygen atoms in total. The highest BCUT2D eigenvalue weighted by atomic mass is 35.5. The summed E-state index contributed by atoms with van der Waals surface area (Å²) in [6.07, 6.45) is 2.10. The molecule has 1 N–H and O–H groups in total. The summed E-state index contributed by atoms with van der Waals surface area (Å²) in [6.45, 7) is 2.56. The van der Waals surface area contributed by atoms with Crippen LogP contribution in [0.1, 0.15) is 24.4 Å². The van der Waals surface area contributed by atoms with Gasteiger partial charge in [0.1, 0.15) is 6.10 Å². The van der Waals surface area contributed by atoms with Crippen molar-refractivity contribution in [1.29, 1.82) is 0 Å². The first kappa shape index (κ1) is 12.4. The SMILES string of the molecule is CCn1ncc(Cl)c1C(O)c1ccc(Cl)cn1. The largest absolute Gasteiger partial charge is 0.380 e. The molecule has 0 saturated heterocycles. The molecule has 2 aromatic heterocycles. The van der Waals surface area contributed by atoms with Gasteiger partial charge in [-0.15, -0.1) is 0 Å². The number of hydrogen-bond acceptors (Lipinski definition) is 3. The Morgan fingerprint density at radius 3 is 2.71 bits per heavy atom. The van der Waals surface area contributed by atoms with Crippen LogP contribution in [0, 0.1) is 0 Å². The van der Waals surface area contributed by atoms with Crippen LogP contribution < -0.4 is 0 Å². The summed E-state index contributed by atoms with van der Waals surface area (Å²) in [4.78, 5) is 4.07. The van der Waals surface area contributed by atoms with Crippen molar-refractivity contribution in [3.8, 4) is 0 Å². The van der Waals surface area contributed by atoms with E-state index in [1.807, 2.05) is 6.92 Å². The number of rotatable bonds is 3. The standard InChI is InChI=1S/C11H11Cl2N3O/c1-2-16-10(8(13)6-15-16)11(17)9-4-3-7(12)5-14-9/h3-6,11,17H,2H2,1H3. The van der Waals surface area contributed by atoms with Crippen LogP contribution in [0.4, 0.5) is 0 Å². The molecule has 0 radical (unpaired) electrons. The van der Waals surface area contributed by atoms with Gasteiger partial charge in [0.15, 0.2) is 0 Å². The zero-order valence-corrected chi connectivity index (χ0v) is 10.7. The Kier molecular flexibility index (Phi) is 3.66. The molecule has 0 amide bonds. The van der Waals surface area contributed by atoms with Crippen LogP contribution in [-0.2, 0) is 6.54 Å². The zero-order chi connectivity index (χ0) is 12.4. The predicted molar refractivity (Wildman–Crippen MR) is 66.2 cm³/mol. The molecule has 2 aromatic rings. The first-order valence-electron chi connectivity index (χ1n) is 5.14. The van der Waals surface area contributed by atoms with Gasteiger partial charge in [0, 0.05) is 12.7 Å². The van der Waals surface area contributed by atoms with Crippen LogP contribution in [0.3, 0.4) is 0 Å². The number of aryl methyl sites for hydroxylation is 1. The smallest absolute Gasteiger partial charge is 0.139 e. The van der Waals surface area contributed by atoms with E-state index in [2.05, 4.69) is 10.1 Å². The maximum Gasteiger partial charge on any atom is 0.139 e. The fourth-order valence-corrected chi connectivity index (χ4v) is 1.94. The minimum absolute atomic E-state index is 0.427. The lowest BCUT2D eigenvalue weighted by atomic mass is 10.1. The molecule has 0 aliphatic carbocycles. The fraction of sp³-hybridized carbons (Fsp3) is 0.273. The fourth-order valence-electron chi connectivity index (χ4n) is 1.58. The van der Waals surface area contributed by atoms with Gasteiger partial charge < -0.3 is 5.11 Å². The summed E-state index contributed by atoms with van der Waals surface area (Å²) in [5.41, 5.74) is 1.04. The number of pyridine rings is 1. The van der Waals surface area contributed by atoms with E-state index in [0.29, 0.717) is 28.0 Å². The van der Waals surface area contributed by atoms with E-state index in [9.17, 15) is 5.11 Å². The van der Waals surface area contributed by atoms with E-state index < -0.39 is 6.10 Å². The molecule has 0 saturated carbocycles. The van der Waals surface area contributed by atoms with E-state index in [1.54, 1.807) is 16.8 Å². The summed E-state index contributed by atoms with van der Waals surface area (Å²) in [5, 5.41) is 15.2. The van der Waals surface area contributed by atoms with Crippen molar-refractivity contribution >= 4 is 23.2 Å². The van der Waals surface area contributed by atoms with E-state index in [0.717, 1.165) is 0 Å². The van der Waals surface area contributed by atoms with Crippen LogP contribution in [0.2, 0.25) is 10.0 Å². The summed E-state index contributed by atoms with van der Waals surface area (Å²) < 4.78 is 1.64. The van der Waals surface area contributed by atoms with Crippen LogP contribution in [0.15, 0.2) is 24.5 Å². The Labute approximate surface area is 109 Å². The van der Waals surface area contributed by atoms with Gasteiger partial charge >= 0.3 is 0 Å². The third kappa shape index (κ3) is 2.44. The maximum atomic E-state index is 10.2. The molecule has 1 unspecified atom stereocenters. The van der Waals surface area contributed by atoms with E-state index >= 15 is 0 Å². The molecule has 2 heterocycles. The highest BCUT2D eigenvalue weighted by Gasteiger charge is 2.20. The monoisotopic (exact) mass is 271 g/mol. The highest BCUT2D eigenvalue weighted by Crippen LogP contribution is 2.27. The van der Waals surface area contributed by atoms with Gasteiger partial charge in [-0.25, -0.2) is 0 Å². The number of nitrogens with zero attached hydrogens (tertiary/aromatic N) is 3. The second-order valence-electron chi connectivity index (χ2n) is 3.50. The highest BCUT2D eigenvalue weighted by molar-refractivity contribution is 6.31. The zero-order valence-electron chi connectivity index (χ0n) is 9.14. The number of aliphatic hydroxyl groups is 1. The minimum atomic E-state index is -0.901. The van der Waals surface area contributed by atoms with Crippen molar-refractivity contribution in [3.63, 3.8) is 0 Å². The van der Waals surface area contributed by atoms with Crippen molar-refractivity contribution in [3.05, 3.63) is 46.0 Å². The Hall–Kier alpha value is -1.10. The number of aliphatic hydroxyl groups excluding tert-OH is 1. The maximum absolute atomic E-state index is 10.2. The first-order valence-corrected chi connectivity index (χ1v) is 5.89. The number of aromatic nitrogens is 3. The van der Waals surface area contributed by atoms with Crippen LogP contribution >= 0.6 is 23.2 Å². The van der Waals surface area contributed by atoms with Crippen molar-refractivity contribution in [2.75, 3.05) is 0 Å². The molecule has 6 heteroatoms. The molecule has 90 valence electrons. The lowest BCUT2D eigenvalue weighted by molar-refractivity contribution is 0.203. The van der Waals surface area contributed by atoms with Gasteiger partial charge in [0.2, 0.25) is 0 Å². The molecule has 0 bridgehead atoms. The molecule has 1 atom stereocenters. The molecule has 2 rings (SSSR count). The Morgan fingerprint density at radius 2 is 2.12 bits per heavy atom. The Balaban J connectivity index is 2.39. The molecule has 0 fully saturated rings. The molecule has 0 aromatic carbocycles. The average molecular weight is 272 g/mol. The van der Waals surface area contributed by atoms with E-state index in [-0.39, 0.29) is 0 Å². The van der Waals surface area contributed by atoms with Gasteiger partial charge in [-0.05, 0) is 19.1 Å². The second-order valence-corrected chi connectivity index (χ2v) is 4.34. The molecule has 0 aliphatic heterocycles. The topological polar surface area (TPSA) is 50.9 Å². The molecular formula is C11H11Cl2N3O. The Morgan fingerprint density at radius 1 is 1.35 bits per heavy atom. The lowest BCUT2D eigenvalue weighted by Crippen LogP contribution is -2.10. The summed E-state index contributed by atoms with van der Waals surface area (Å²) in [5.74, 6) is 0. The van der Waals surface area contributed by atoms with Gasteiger partial charge in [0.25, 0.3) is 0 Å². The minimum Gasteiger partial charge on any atom is -0.380 e. The third-order valence-corrected chi connectivity index (χ3v) is 2.94. The normalized spacial score (nSPS) is 12.7. The molecule has 17 heavy (non-hydrogen) atoms. The quantitative estimate of drug-likeness (QED) is 0.934. The predicted octanol–water partition coefficient (Wildman–Crippen LogP) is 2.69. The van der Waals surface area contributed by atoms with Gasteiger partial charge in [0.05, 0.1) is 27.6 Å². The molecule has 0 spiro atoms. The summed E-state index contributed by atoms with van der Waals surface area (Å²) >= 11 is 11.7. The lowest BCUT2D eigenvalue weighted by Gasteiger charge is -2.12. The van der Waals surface area contributed by atoms with Crippen molar-refractivity contribution in [2.24, 2.45) is 0 Å². The summed E-state index contributed by atoms with van der Waals surface area (Å²) in [6, 6.07) is 3.34. The summed E-state index contributed by atoms with van der Waals surface area (Å²) in [7, 11) is 0. The van der Waals surface area contributed by atoms with Crippen LogP contribution in [0.25, 0.3) is 0 Å². The second kappa shape index (κ2) is 5.04. The average Bonchev–Trinajstić information content (AvgIpc) is 2.70. The van der Waals surface area contributed by atoms with Gasteiger partial charge in [-0.2, -0.15) is 5.10 Å². The van der Waals surface area contributed by atoms with Crippen molar-refractivity contribution in [1.82, 2.24) is 14.8 Å². The van der Waals surface area contributed by atoms with E-state index in [4.69, 9.17) is 23.2 Å². The van der Waals surface area contributed by atoms with Crippen LogP contribution in [0.5, 0.6) is 0 Å².